The fourth-order valence-corrected chi connectivity index (χ4v) is 1.90. The Labute approximate surface area is 111 Å². The second-order valence-electron chi connectivity index (χ2n) is 4.02. The quantitative estimate of drug-likeness (QED) is 0.801. The molecule has 0 bridgehead atoms. The van der Waals surface area contributed by atoms with Crippen molar-refractivity contribution in [2.24, 2.45) is 4.36 Å². The lowest BCUT2D eigenvalue weighted by Gasteiger charge is -2.05. The maximum absolute atomic E-state index is 11.5. The molecule has 5 nitrogen and oxygen atoms in total. The van der Waals surface area contributed by atoms with E-state index in [0.29, 0.717) is 10.7 Å². The molecule has 0 radical (unpaired) electrons. The molecule has 0 saturated heterocycles. The zero-order valence-electron chi connectivity index (χ0n) is 10.2. The Kier molecular flexibility index (Phi) is 4.48. The van der Waals surface area contributed by atoms with Crippen molar-refractivity contribution in [3.8, 4) is 0 Å². The molecule has 0 atom stereocenters. The van der Waals surface area contributed by atoms with Gasteiger partial charge in [-0.05, 0) is 24.6 Å². The molecule has 98 valence electrons. The Morgan fingerprint density at radius 1 is 1.33 bits per heavy atom. The summed E-state index contributed by atoms with van der Waals surface area (Å²) >= 11 is 5.90. The van der Waals surface area contributed by atoms with E-state index in [4.69, 9.17) is 11.6 Å². The molecule has 2 amide bonds. The monoisotopic (exact) mass is 288 g/mol. The number of benzene rings is 1. The molecule has 0 unspecified atom stereocenters. The number of rotatable bonds is 1. The van der Waals surface area contributed by atoms with Gasteiger partial charge in [-0.15, -0.1) is 0 Å². The summed E-state index contributed by atoms with van der Waals surface area (Å²) in [5.74, 6) is -2.04. The molecule has 1 aromatic rings. The highest BCUT2D eigenvalue weighted by molar-refractivity contribution is 7.92. The van der Waals surface area contributed by atoms with Crippen molar-refractivity contribution in [3.05, 3.63) is 28.8 Å². The molecule has 7 heteroatoms. The number of hydrogen-bond donors (Lipinski definition) is 1. The minimum absolute atomic E-state index is 0.314. The van der Waals surface area contributed by atoms with E-state index in [2.05, 4.69) is 9.68 Å². The van der Waals surface area contributed by atoms with E-state index >= 15 is 0 Å². The Bertz CT molecular complexity index is 611. The standard InChI is InChI=1S/C11H13ClN2O3S/c1-7-4-5-9(8(12)6-7)13-10(15)11(16)14-18(2,3)17/h4-6H,1-3H3,(H,13,15). The molecular formula is C11H13ClN2O3S. The lowest BCUT2D eigenvalue weighted by atomic mass is 10.2. The average Bonchev–Trinajstić information content (AvgIpc) is 2.19. The fourth-order valence-electron chi connectivity index (χ4n) is 1.14. The number of carbonyl (C=O) groups is 2. The number of aryl methyl sites for hydroxylation is 1. The molecule has 1 N–H and O–H groups in total. The molecule has 0 saturated carbocycles. The predicted octanol–water partition coefficient (Wildman–Crippen LogP) is 1.84. The Balaban J connectivity index is 2.89. The van der Waals surface area contributed by atoms with Crippen molar-refractivity contribution in [1.29, 1.82) is 0 Å². The van der Waals surface area contributed by atoms with E-state index < -0.39 is 21.5 Å². The van der Waals surface area contributed by atoms with Crippen molar-refractivity contribution >= 4 is 38.8 Å². The van der Waals surface area contributed by atoms with Crippen molar-refractivity contribution < 1.29 is 13.8 Å². The van der Waals surface area contributed by atoms with E-state index in [1.807, 2.05) is 6.92 Å². The maximum Gasteiger partial charge on any atom is 0.343 e. The van der Waals surface area contributed by atoms with Crippen LogP contribution >= 0.6 is 11.6 Å². The zero-order chi connectivity index (χ0) is 13.9. The lowest BCUT2D eigenvalue weighted by molar-refractivity contribution is -0.133. The highest BCUT2D eigenvalue weighted by atomic mass is 35.5. The molecule has 0 fully saturated rings. The highest BCUT2D eigenvalue weighted by Gasteiger charge is 2.15. The van der Waals surface area contributed by atoms with Crippen molar-refractivity contribution in [3.63, 3.8) is 0 Å². The highest BCUT2D eigenvalue weighted by Crippen LogP contribution is 2.22. The average molecular weight is 289 g/mol. The van der Waals surface area contributed by atoms with Gasteiger partial charge < -0.3 is 5.32 Å². The molecule has 1 rings (SSSR count). The van der Waals surface area contributed by atoms with Gasteiger partial charge in [-0.3, -0.25) is 9.59 Å². The summed E-state index contributed by atoms with van der Waals surface area (Å²) in [4.78, 5) is 22.8. The predicted molar refractivity (Wildman–Crippen MR) is 72.2 cm³/mol. The number of nitrogens with zero attached hydrogens (tertiary/aromatic N) is 1. The molecular weight excluding hydrogens is 276 g/mol. The van der Waals surface area contributed by atoms with Crippen LogP contribution < -0.4 is 5.32 Å². The summed E-state index contributed by atoms with van der Waals surface area (Å²) in [7, 11) is -2.65. The topological polar surface area (TPSA) is 75.6 Å². The first-order valence-corrected chi connectivity index (χ1v) is 7.68. The SMILES string of the molecule is Cc1ccc(NC(=O)C(=O)N=S(C)(C)=O)c(Cl)c1. The molecule has 0 heterocycles. The van der Waals surface area contributed by atoms with Gasteiger partial charge in [0.05, 0.1) is 10.7 Å². The van der Waals surface area contributed by atoms with Crippen LogP contribution in [0.4, 0.5) is 5.69 Å². The molecule has 0 aliphatic carbocycles. The van der Waals surface area contributed by atoms with E-state index in [9.17, 15) is 13.8 Å². The van der Waals surface area contributed by atoms with Gasteiger partial charge in [-0.2, -0.15) is 4.36 Å². The molecule has 1 aromatic carbocycles. The first kappa shape index (κ1) is 14.7. The molecule has 18 heavy (non-hydrogen) atoms. The molecule has 0 aliphatic heterocycles. The second kappa shape index (κ2) is 5.49. The molecule has 0 spiro atoms. The largest absolute Gasteiger partial charge is 0.343 e. The van der Waals surface area contributed by atoms with Gasteiger partial charge in [0, 0.05) is 22.2 Å². The van der Waals surface area contributed by atoms with Crippen LogP contribution in [0.15, 0.2) is 22.6 Å². The van der Waals surface area contributed by atoms with Gasteiger partial charge in [0.1, 0.15) is 0 Å². The van der Waals surface area contributed by atoms with Crippen LogP contribution in [0, 0.1) is 6.92 Å². The lowest BCUT2D eigenvalue weighted by Crippen LogP contribution is -2.22. The molecule has 0 aliphatic rings. The van der Waals surface area contributed by atoms with E-state index in [1.54, 1.807) is 18.2 Å². The number of nitrogens with one attached hydrogen (secondary N) is 1. The number of amides is 2. The van der Waals surface area contributed by atoms with Crippen LogP contribution in [-0.2, 0) is 19.3 Å². The van der Waals surface area contributed by atoms with E-state index in [0.717, 1.165) is 5.56 Å². The first-order chi connectivity index (χ1) is 8.19. The smallest absolute Gasteiger partial charge is 0.316 e. The van der Waals surface area contributed by atoms with Gasteiger partial charge in [-0.1, -0.05) is 17.7 Å². The normalized spacial score (nSPS) is 10.9. The third-order valence-electron chi connectivity index (χ3n) is 1.87. The Morgan fingerprint density at radius 3 is 2.44 bits per heavy atom. The third-order valence-corrected chi connectivity index (χ3v) is 2.79. The van der Waals surface area contributed by atoms with Crippen LogP contribution in [0.5, 0.6) is 0 Å². The number of hydrogen-bond acceptors (Lipinski definition) is 3. The minimum Gasteiger partial charge on any atom is -0.316 e. The fraction of sp³-hybridized carbons (Fsp3) is 0.273. The van der Waals surface area contributed by atoms with Gasteiger partial charge in [0.25, 0.3) is 0 Å². The number of halogens is 1. The third kappa shape index (κ3) is 4.46. The van der Waals surface area contributed by atoms with Gasteiger partial charge in [-0.25, -0.2) is 4.21 Å². The van der Waals surface area contributed by atoms with Gasteiger partial charge >= 0.3 is 11.8 Å². The zero-order valence-corrected chi connectivity index (χ0v) is 11.8. The van der Waals surface area contributed by atoms with E-state index in [1.165, 1.54) is 12.5 Å². The number of carbonyl (C=O) groups excluding carboxylic acids is 2. The second-order valence-corrected chi connectivity index (χ2v) is 6.97. The Hall–Kier alpha value is -1.40. The van der Waals surface area contributed by atoms with Gasteiger partial charge in [0.15, 0.2) is 0 Å². The summed E-state index contributed by atoms with van der Waals surface area (Å²) in [5.41, 5.74) is 1.24. The minimum atomic E-state index is -2.65. The van der Waals surface area contributed by atoms with Crippen molar-refractivity contribution in [2.75, 3.05) is 17.8 Å². The maximum atomic E-state index is 11.5. The van der Waals surface area contributed by atoms with Crippen LogP contribution in [0.2, 0.25) is 5.02 Å². The van der Waals surface area contributed by atoms with Crippen molar-refractivity contribution in [2.45, 2.75) is 6.92 Å². The van der Waals surface area contributed by atoms with E-state index in [-0.39, 0.29) is 0 Å². The summed E-state index contributed by atoms with van der Waals surface area (Å²) in [5, 5.41) is 2.64. The summed E-state index contributed by atoms with van der Waals surface area (Å²) in [6.07, 6.45) is 2.55. The van der Waals surface area contributed by atoms with Gasteiger partial charge in [0.2, 0.25) is 0 Å². The first-order valence-electron chi connectivity index (χ1n) is 4.97. The summed E-state index contributed by atoms with van der Waals surface area (Å²) < 4.78 is 14.6. The summed E-state index contributed by atoms with van der Waals surface area (Å²) in [6, 6.07) is 4.98. The van der Waals surface area contributed by atoms with Crippen LogP contribution in [0.3, 0.4) is 0 Å². The van der Waals surface area contributed by atoms with Crippen LogP contribution in [-0.4, -0.2) is 28.5 Å². The van der Waals surface area contributed by atoms with Crippen molar-refractivity contribution in [1.82, 2.24) is 0 Å². The Morgan fingerprint density at radius 2 is 1.94 bits per heavy atom. The van der Waals surface area contributed by atoms with Crippen LogP contribution in [0.1, 0.15) is 5.56 Å². The van der Waals surface area contributed by atoms with Crippen LogP contribution in [0.25, 0.3) is 0 Å². The number of anilines is 1. The molecule has 0 aromatic heterocycles. The summed E-state index contributed by atoms with van der Waals surface area (Å²) in [6.45, 7) is 1.85.